The summed E-state index contributed by atoms with van der Waals surface area (Å²) in [5.41, 5.74) is 5.46. The molecule has 5 aromatic rings. The minimum absolute atomic E-state index is 0.0952. The minimum Gasteiger partial charge on any atom is -0.508 e. The number of nitrogens with zero attached hydrogens (tertiary/aromatic N) is 1. The Morgan fingerprint density at radius 1 is 0.868 bits per heavy atom. The zero-order valence-corrected chi connectivity index (χ0v) is 20.8. The third kappa shape index (κ3) is 4.73. The number of carbonyl (C=O) groups is 1. The average molecular weight is 506 g/mol. The summed E-state index contributed by atoms with van der Waals surface area (Å²) in [6, 6.07) is 28.5. The highest BCUT2D eigenvalue weighted by molar-refractivity contribution is 5.96. The van der Waals surface area contributed by atoms with E-state index in [-0.39, 0.29) is 17.2 Å². The van der Waals surface area contributed by atoms with Gasteiger partial charge in [0.1, 0.15) is 11.6 Å². The molecule has 1 amide bonds. The molecule has 5 nitrogen and oxygen atoms in total. The standard InChI is InChI=1S/C32H28FN3O2/c33-25-12-15-30(37)27(20-25)31(29-19-23-6-1-2-9-28(23)34-29)35-32(38)24-8-5-7-22(18-24)21-10-13-26(14-11-21)36-16-3-4-17-36/h1-2,5-15,18-20,31,34,37H,3-4,16-17H2,(H,35,38)/t31-/m1/s1. The first-order valence-electron chi connectivity index (χ1n) is 12.9. The molecule has 0 saturated carbocycles. The quantitative estimate of drug-likeness (QED) is 0.238. The van der Waals surface area contributed by atoms with Gasteiger partial charge in [-0.2, -0.15) is 0 Å². The molecule has 1 aliphatic rings. The Bertz CT molecular complexity index is 1570. The van der Waals surface area contributed by atoms with Crippen molar-refractivity contribution in [3.63, 3.8) is 0 Å². The second-order valence-corrected chi connectivity index (χ2v) is 9.74. The van der Waals surface area contributed by atoms with Gasteiger partial charge in [-0.05, 0) is 84.0 Å². The van der Waals surface area contributed by atoms with Crippen LogP contribution >= 0.6 is 0 Å². The van der Waals surface area contributed by atoms with E-state index in [9.17, 15) is 14.3 Å². The lowest BCUT2D eigenvalue weighted by molar-refractivity contribution is 0.0942. The first-order chi connectivity index (χ1) is 18.5. The van der Waals surface area contributed by atoms with E-state index in [2.05, 4.69) is 39.5 Å². The molecular formula is C32H28FN3O2. The molecule has 1 fully saturated rings. The van der Waals surface area contributed by atoms with Crippen LogP contribution in [0.5, 0.6) is 5.75 Å². The summed E-state index contributed by atoms with van der Waals surface area (Å²) in [4.78, 5) is 19.2. The number of hydrogen-bond donors (Lipinski definition) is 3. The molecule has 6 rings (SSSR count). The molecule has 0 aliphatic carbocycles. The number of phenolic OH excluding ortho intramolecular Hbond substituents is 1. The molecular weight excluding hydrogens is 477 g/mol. The predicted molar refractivity (Wildman–Crippen MR) is 149 cm³/mol. The fraction of sp³-hybridized carbons (Fsp3) is 0.156. The van der Waals surface area contributed by atoms with Crippen molar-refractivity contribution in [3.05, 3.63) is 120 Å². The van der Waals surface area contributed by atoms with E-state index < -0.39 is 11.9 Å². The lowest BCUT2D eigenvalue weighted by Crippen LogP contribution is -2.29. The van der Waals surface area contributed by atoms with E-state index in [1.54, 1.807) is 6.07 Å². The maximum Gasteiger partial charge on any atom is 0.252 e. The zero-order valence-electron chi connectivity index (χ0n) is 20.8. The zero-order chi connectivity index (χ0) is 26.1. The number of carbonyl (C=O) groups excluding carboxylic acids is 1. The van der Waals surface area contributed by atoms with E-state index in [1.807, 2.05) is 48.5 Å². The van der Waals surface area contributed by atoms with Crippen molar-refractivity contribution >= 4 is 22.5 Å². The summed E-state index contributed by atoms with van der Waals surface area (Å²) in [5.74, 6) is -0.914. The van der Waals surface area contributed by atoms with Crippen LogP contribution in [0.4, 0.5) is 10.1 Å². The number of anilines is 1. The number of aromatic amines is 1. The number of aromatic nitrogens is 1. The summed E-state index contributed by atoms with van der Waals surface area (Å²) < 4.78 is 14.2. The number of rotatable bonds is 6. The number of halogens is 1. The van der Waals surface area contributed by atoms with Gasteiger partial charge in [0.15, 0.2) is 0 Å². The van der Waals surface area contributed by atoms with Crippen LogP contribution in [0.2, 0.25) is 0 Å². The van der Waals surface area contributed by atoms with Crippen molar-refractivity contribution < 1.29 is 14.3 Å². The van der Waals surface area contributed by atoms with Gasteiger partial charge < -0.3 is 20.3 Å². The lowest BCUT2D eigenvalue weighted by Gasteiger charge is -2.20. The Morgan fingerprint density at radius 3 is 2.45 bits per heavy atom. The third-order valence-electron chi connectivity index (χ3n) is 7.23. The number of hydrogen-bond acceptors (Lipinski definition) is 3. The molecule has 2 heterocycles. The fourth-order valence-electron chi connectivity index (χ4n) is 5.23. The molecule has 1 atom stereocenters. The third-order valence-corrected chi connectivity index (χ3v) is 7.23. The van der Waals surface area contributed by atoms with Crippen LogP contribution in [0.25, 0.3) is 22.0 Å². The number of H-pyrrole nitrogens is 1. The molecule has 1 saturated heterocycles. The molecule has 1 aliphatic heterocycles. The Labute approximate surface area is 220 Å². The molecule has 0 bridgehead atoms. The van der Waals surface area contributed by atoms with Crippen LogP contribution < -0.4 is 10.2 Å². The highest BCUT2D eigenvalue weighted by Gasteiger charge is 2.23. The van der Waals surface area contributed by atoms with Gasteiger partial charge in [0.25, 0.3) is 5.91 Å². The first-order valence-corrected chi connectivity index (χ1v) is 12.9. The largest absolute Gasteiger partial charge is 0.508 e. The van der Waals surface area contributed by atoms with Crippen LogP contribution in [0.15, 0.2) is 97.1 Å². The van der Waals surface area contributed by atoms with Crippen LogP contribution in [-0.4, -0.2) is 29.1 Å². The number of phenols is 1. The van der Waals surface area contributed by atoms with Crippen LogP contribution in [-0.2, 0) is 0 Å². The lowest BCUT2D eigenvalue weighted by atomic mass is 10.00. The molecule has 1 aromatic heterocycles. The molecule has 38 heavy (non-hydrogen) atoms. The first kappa shape index (κ1) is 23.8. The average Bonchev–Trinajstić information content (AvgIpc) is 3.64. The SMILES string of the molecule is O=C(N[C@@H](c1cc2ccccc2[nH]1)c1cc(F)ccc1O)c1cccc(-c2ccc(N3CCCC3)cc2)c1. The summed E-state index contributed by atoms with van der Waals surface area (Å²) in [5, 5.41) is 14.6. The maximum atomic E-state index is 14.2. The molecule has 4 aromatic carbocycles. The van der Waals surface area contributed by atoms with Crippen molar-refractivity contribution in [2.24, 2.45) is 0 Å². The van der Waals surface area contributed by atoms with Gasteiger partial charge in [0.05, 0.1) is 6.04 Å². The second-order valence-electron chi connectivity index (χ2n) is 9.74. The molecule has 6 heteroatoms. The predicted octanol–water partition coefficient (Wildman–Crippen LogP) is 6.80. The summed E-state index contributed by atoms with van der Waals surface area (Å²) in [7, 11) is 0. The number of benzene rings is 4. The molecule has 0 unspecified atom stereocenters. The van der Waals surface area contributed by atoms with Gasteiger partial charge in [-0.3, -0.25) is 4.79 Å². The monoisotopic (exact) mass is 505 g/mol. The van der Waals surface area contributed by atoms with E-state index >= 15 is 0 Å². The highest BCUT2D eigenvalue weighted by Crippen LogP contribution is 2.32. The minimum atomic E-state index is -0.783. The Kier molecular flexibility index (Phi) is 6.30. The van der Waals surface area contributed by atoms with E-state index in [4.69, 9.17) is 0 Å². The Balaban J connectivity index is 1.30. The second kappa shape index (κ2) is 10.1. The van der Waals surface area contributed by atoms with Crippen LogP contribution in [0.1, 0.15) is 40.5 Å². The molecule has 3 N–H and O–H groups in total. The van der Waals surface area contributed by atoms with Gasteiger partial charge in [0, 0.05) is 41.1 Å². The van der Waals surface area contributed by atoms with Crippen molar-refractivity contribution in [2.45, 2.75) is 18.9 Å². The van der Waals surface area contributed by atoms with E-state index in [1.165, 1.54) is 36.7 Å². The van der Waals surface area contributed by atoms with Crippen LogP contribution in [0, 0.1) is 5.82 Å². The number of amides is 1. The number of aromatic hydroxyl groups is 1. The normalized spacial score (nSPS) is 14.1. The van der Waals surface area contributed by atoms with Gasteiger partial charge >= 0.3 is 0 Å². The molecule has 0 radical (unpaired) electrons. The topological polar surface area (TPSA) is 68.4 Å². The smallest absolute Gasteiger partial charge is 0.252 e. The van der Waals surface area contributed by atoms with Crippen molar-refractivity contribution in [2.75, 3.05) is 18.0 Å². The van der Waals surface area contributed by atoms with E-state index in [0.717, 1.165) is 35.1 Å². The van der Waals surface area contributed by atoms with Gasteiger partial charge in [-0.1, -0.05) is 42.5 Å². The van der Waals surface area contributed by atoms with Gasteiger partial charge in [0.2, 0.25) is 0 Å². The fourth-order valence-corrected chi connectivity index (χ4v) is 5.23. The molecule has 0 spiro atoms. The van der Waals surface area contributed by atoms with Crippen molar-refractivity contribution in [1.29, 1.82) is 0 Å². The van der Waals surface area contributed by atoms with Gasteiger partial charge in [-0.25, -0.2) is 4.39 Å². The van der Waals surface area contributed by atoms with Crippen molar-refractivity contribution in [1.82, 2.24) is 10.3 Å². The number of nitrogens with one attached hydrogen (secondary N) is 2. The summed E-state index contributed by atoms with van der Waals surface area (Å²) in [6.45, 7) is 2.18. The van der Waals surface area contributed by atoms with Crippen molar-refractivity contribution in [3.8, 4) is 16.9 Å². The van der Waals surface area contributed by atoms with Gasteiger partial charge in [-0.15, -0.1) is 0 Å². The number of fused-ring (bicyclic) bond motifs is 1. The highest BCUT2D eigenvalue weighted by atomic mass is 19.1. The molecule has 190 valence electrons. The van der Waals surface area contributed by atoms with E-state index in [0.29, 0.717) is 11.3 Å². The van der Waals surface area contributed by atoms with Crippen LogP contribution in [0.3, 0.4) is 0 Å². The summed E-state index contributed by atoms with van der Waals surface area (Å²) in [6.07, 6.45) is 2.46. The maximum absolute atomic E-state index is 14.2. The Hall–Kier alpha value is -4.58. The summed E-state index contributed by atoms with van der Waals surface area (Å²) >= 11 is 0. The Morgan fingerprint density at radius 2 is 1.66 bits per heavy atom. The number of para-hydroxylation sites is 1.